The zero-order chi connectivity index (χ0) is 10.7. The number of hydrogen-bond acceptors (Lipinski definition) is 2. The Morgan fingerprint density at radius 2 is 2.47 bits per heavy atom. The lowest BCUT2D eigenvalue weighted by molar-refractivity contribution is -0.0621. The molecule has 0 amide bonds. The molecule has 0 bridgehead atoms. The van der Waals surface area contributed by atoms with Crippen LogP contribution < -0.4 is 0 Å². The van der Waals surface area contributed by atoms with Gasteiger partial charge in [0.15, 0.2) is 0 Å². The largest absolute Gasteiger partial charge is 0.373 e. The Hall–Kier alpha value is -0.540. The maximum absolute atomic E-state index is 6.03. The lowest BCUT2D eigenvalue weighted by atomic mass is 9.91. The number of rotatable bonds is 3. The van der Waals surface area contributed by atoms with Crippen LogP contribution in [0.3, 0.4) is 0 Å². The highest BCUT2D eigenvalue weighted by Gasteiger charge is 2.33. The van der Waals surface area contributed by atoms with Crippen LogP contribution in [0.5, 0.6) is 0 Å². The van der Waals surface area contributed by atoms with E-state index in [1.165, 1.54) is 6.42 Å². The fourth-order valence-electron chi connectivity index (χ4n) is 2.09. The van der Waals surface area contributed by atoms with Crippen LogP contribution in [0, 0.1) is 0 Å². The summed E-state index contributed by atoms with van der Waals surface area (Å²) in [6, 6.07) is 2.03. The lowest BCUT2D eigenvalue weighted by Crippen LogP contribution is -2.40. The standard InChI is InChI=1S/C11H17ClN2O/c1-14-6-4-10(13-14)8-11(9-12)5-2-3-7-15-11/h4,6H,2-3,5,7-9H2,1H3. The first-order valence-electron chi connectivity index (χ1n) is 5.43. The van der Waals surface area contributed by atoms with Crippen LogP contribution in [-0.4, -0.2) is 27.9 Å². The molecule has 1 aromatic heterocycles. The maximum Gasteiger partial charge on any atom is 0.0873 e. The summed E-state index contributed by atoms with van der Waals surface area (Å²) in [7, 11) is 1.93. The smallest absolute Gasteiger partial charge is 0.0873 e. The van der Waals surface area contributed by atoms with Crippen molar-refractivity contribution in [1.82, 2.24) is 9.78 Å². The summed E-state index contributed by atoms with van der Waals surface area (Å²) in [6.45, 7) is 0.833. The van der Waals surface area contributed by atoms with E-state index in [2.05, 4.69) is 5.10 Å². The van der Waals surface area contributed by atoms with Crippen molar-refractivity contribution in [1.29, 1.82) is 0 Å². The van der Waals surface area contributed by atoms with Gasteiger partial charge in [0.2, 0.25) is 0 Å². The number of halogens is 1. The molecule has 2 rings (SSSR count). The Balaban J connectivity index is 2.06. The Morgan fingerprint density at radius 1 is 1.60 bits per heavy atom. The molecule has 1 aliphatic rings. The van der Waals surface area contributed by atoms with E-state index >= 15 is 0 Å². The molecular formula is C11H17ClN2O. The molecule has 1 saturated heterocycles. The van der Waals surface area contributed by atoms with E-state index in [9.17, 15) is 0 Å². The average Bonchev–Trinajstić information content (AvgIpc) is 2.65. The quantitative estimate of drug-likeness (QED) is 0.742. The lowest BCUT2D eigenvalue weighted by Gasteiger charge is -2.35. The number of hydrogen-bond donors (Lipinski definition) is 0. The number of nitrogens with zero attached hydrogens (tertiary/aromatic N) is 2. The molecule has 1 unspecified atom stereocenters. The number of aryl methyl sites for hydroxylation is 1. The molecule has 84 valence electrons. The molecule has 1 aromatic rings. The van der Waals surface area contributed by atoms with Crippen LogP contribution in [0.4, 0.5) is 0 Å². The van der Waals surface area contributed by atoms with Crippen molar-refractivity contribution in [3.05, 3.63) is 18.0 Å². The van der Waals surface area contributed by atoms with Gasteiger partial charge in [0.05, 0.1) is 17.2 Å². The summed E-state index contributed by atoms with van der Waals surface area (Å²) in [5.74, 6) is 0.559. The van der Waals surface area contributed by atoms with E-state index in [0.717, 1.165) is 31.6 Å². The molecule has 0 aromatic carbocycles. The Morgan fingerprint density at radius 3 is 3.00 bits per heavy atom. The van der Waals surface area contributed by atoms with Crippen LogP contribution in [0.15, 0.2) is 12.3 Å². The van der Waals surface area contributed by atoms with Gasteiger partial charge in [0.1, 0.15) is 0 Å². The summed E-state index contributed by atoms with van der Waals surface area (Å²) in [6.07, 6.45) is 6.20. The van der Waals surface area contributed by atoms with E-state index in [-0.39, 0.29) is 5.60 Å². The van der Waals surface area contributed by atoms with Crippen molar-refractivity contribution < 1.29 is 4.74 Å². The molecule has 0 aliphatic carbocycles. The van der Waals surface area contributed by atoms with Crippen LogP contribution >= 0.6 is 11.6 Å². The Bertz CT molecular complexity index is 318. The summed E-state index contributed by atoms with van der Waals surface area (Å²) in [5.41, 5.74) is 0.897. The zero-order valence-corrected chi connectivity index (χ0v) is 9.83. The van der Waals surface area contributed by atoms with Gasteiger partial charge < -0.3 is 4.74 Å². The summed E-state index contributed by atoms with van der Waals surface area (Å²) in [5, 5.41) is 4.38. The van der Waals surface area contributed by atoms with Crippen molar-refractivity contribution >= 4 is 11.6 Å². The van der Waals surface area contributed by atoms with E-state index in [4.69, 9.17) is 16.3 Å². The Kier molecular flexibility index (Phi) is 3.32. The van der Waals surface area contributed by atoms with Gasteiger partial charge in [-0.3, -0.25) is 4.68 Å². The van der Waals surface area contributed by atoms with Crippen molar-refractivity contribution in [3.8, 4) is 0 Å². The van der Waals surface area contributed by atoms with Crippen molar-refractivity contribution in [2.75, 3.05) is 12.5 Å². The fraction of sp³-hybridized carbons (Fsp3) is 0.727. The van der Waals surface area contributed by atoms with Gasteiger partial charge in [-0.1, -0.05) is 0 Å². The molecule has 0 saturated carbocycles. The zero-order valence-electron chi connectivity index (χ0n) is 9.08. The normalized spacial score (nSPS) is 26.8. The molecular weight excluding hydrogens is 212 g/mol. The maximum atomic E-state index is 6.03. The van der Waals surface area contributed by atoms with Gasteiger partial charge in [-0.15, -0.1) is 11.6 Å². The third kappa shape index (κ3) is 2.52. The molecule has 1 fully saturated rings. The molecule has 1 aliphatic heterocycles. The minimum absolute atomic E-state index is 0.172. The third-order valence-electron chi connectivity index (χ3n) is 2.95. The average molecular weight is 229 g/mol. The molecule has 15 heavy (non-hydrogen) atoms. The number of ether oxygens (including phenoxy) is 1. The van der Waals surface area contributed by atoms with Crippen LogP contribution in [0.2, 0.25) is 0 Å². The van der Waals surface area contributed by atoms with Crippen molar-refractivity contribution in [3.63, 3.8) is 0 Å². The van der Waals surface area contributed by atoms with E-state index in [1.807, 2.05) is 24.0 Å². The molecule has 3 nitrogen and oxygen atoms in total. The highest BCUT2D eigenvalue weighted by molar-refractivity contribution is 6.18. The van der Waals surface area contributed by atoms with Crippen LogP contribution in [0.1, 0.15) is 25.0 Å². The topological polar surface area (TPSA) is 27.1 Å². The van der Waals surface area contributed by atoms with E-state index in [1.54, 1.807) is 0 Å². The highest BCUT2D eigenvalue weighted by Crippen LogP contribution is 2.29. The van der Waals surface area contributed by atoms with Gasteiger partial charge in [-0.05, 0) is 25.3 Å². The summed E-state index contributed by atoms with van der Waals surface area (Å²) < 4.78 is 7.67. The molecule has 0 radical (unpaired) electrons. The molecule has 2 heterocycles. The molecule has 4 heteroatoms. The monoisotopic (exact) mass is 228 g/mol. The van der Waals surface area contributed by atoms with Gasteiger partial charge >= 0.3 is 0 Å². The summed E-state index contributed by atoms with van der Waals surface area (Å²) >= 11 is 6.03. The van der Waals surface area contributed by atoms with Gasteiger partial charge in [-0.25, -0.2) is 0 Å². The SMILES string of the molecule is Cn1ccc(CC2(CCl)CCCCO2)n1. The first-order valence-corrected chi connectivity index (χ1v) is 5.96. The summed E-state index contributed by atoms with van der Waals surface area (Å²) in [4.78, 5) is 0. The van der Waals surface area contributed by atoms with Gasteiger partial charge in [-0.2, -0.15) is 5.10 Å². The van der Waals surface area contributed by atoms with Gasteiger partial charge in [0.25, 0.3) is 0 Å². The molecule has 0 N–H and O–H groups in total. The number of aromatic nitrogens is 2. The second-order valence-corrected chi connectivity index (χ2v) is 4.55. The molecule has 0 spiro atoms. The first kappa shape index (κ1) is 11.0. The third-order valence-corrected chi connectivity index (χ3v) is 3.44. The highest BCUT2D eigenvalue weighted by atomic mass is 35.5. The second-order valence-electron chi connectivity index (χ2n) is 4.28. The second kappa shape index (κ2) is 4.54. The van der Waals surface area contributed by atoms with E-state index in [0.29, 0.717) is 5.88 Å². The first-order chi connectivity index (χ1) is 7.24. The number of alkyl halides is 1. The fourth-order valence-corrected chi connectivity index (χ4v) is 2.39. The minimum atomic E-state index is -0.172. The Labute approximate surface area is 95.4 Å². The molecule has 1 atom stereocenters. The predicted octanol–water partition coefficient (Wildman–Crippen LogP) is 2.14. The van der Waals surface area contributed by atoms with Crippen LogP contribution in [-0.2, 0) is 18.2 Å². The van der Waals surface area contributed by atoms with Crippen molar-refractivity contribution in [2.45, 2.75) is 31.3 Å². The predicted molar refractivity (Wildman–Crippen MR) is 60.2 cm³/mol. The van der Waals surface area contributed by atoms with Gasteiger partial charge in [0, 0.05) is 26.3 Å². The minimum Gasteiger partial charge on any atom is -0.373 e. The van der Waals surface area contributed by atoms with E-state index < -0.39 is 0 Å². The van der Waals surface area contributed by atoms with Crippen LogP contribution in [0.25, 0.3) is 0 Å². The van der Waals surface area contributed by atoms with Crippen molar-refractivity contribution in [2.24, 2.45) is 7.05 Å².